The zero-order valence-corrected chi connectivity index (χ0v) is 21.7. The summed E-state index contributed by atoms with van der Waals surface area (Å²) in [6.07, 6.45) is 0. The van der Waals surface area contributed by atoms with Gasteiger partial charge >= 0.3 is 5.97 Å². The Bertz CT molecular complexity index is 1590. The summed E-state index contributed by atoms with van der Waals surface area (Å²) >= 11 is 1.29. The molecule has 0 bridgehead atoms. The topological polar surface area (TPSA) is 98.0 Å². The van der Waals surface area contributed by atoms with Crippen LogP contribution in [0, 0.1) is 6.92 Å². The smallest absolute Gasteiger partial charge is 0.325 e. The van der Waals surface area contributed by atoms with Crippen LogP contribution in [0.5, 0.6) is 0 Å². The standard InChI is InChI=1S/C26H25N3O5S2/c1-4-29(20-10-6-5-7-11-20)36(32,33)21-15-13-19(14-16-21)25(31)27-26-28(17-23(30)34-3)24-18(2)9-8-12-22(24)35-26/h5-16H,4,17H2,1-3H3. The second kappa shape index (κ2) is 10.5. The third-order valence-electron chi connectivity index (χ3n) is 5.64. The summed E-state index contributed by atoms with van der Waals surface area (Å²) in [6.45, 7) is 3.85. The van der Waals surface area contributed by atoms with Gasteiger partial charge in [0, 0.05) is 12.1 Å². The SMILES string of the molecule is CCN(c1ccccc1)S(=O)(=O)c1ccc(C(=O)N=c2sc3cccc(C)c3n2CC(=O)OC)cc1. The number of amides is 1. The Hall–Kier alpha value is -3.76. The van der Waals surface area contributed by atoms with Crippen LogP contribution >= 0.6 is 11.3 Å². The molecule has 1 heterocycles. The fraction of sp³-hybridized carbons (Fsp3) is 0.192. The van der Waals surface area contributed by atoms with E-state index in [0.29, 0.717) is 10.5 Å². The van der Waals surface area contributed by atoms with Crippen molar-refractivity contribution in [2.75, 3.05) is 18.0 Å². The zero-order chi connectivity index (χ0) is 25.9. The number of fused-ring (bicyclic) bond motifs is 1. The minimum absolute atomic E-state index is 0.0722. The second-order valence-corrected chi connectivity index (χ2v) is 10.8. The van der Waals surface area contributed by atoms with Crippen molar-refractivity contribution < 1.29 is 22.7 Å². The molecule has 4 aromatic rings. The van der Waals surface area contributed by atoms with Crippen LogP contribution < -0.4 is 9.11 Å². The van der Waals surface area contributed by atoms with Crippen LogP contribution in [0.2, 0.25) is 0 Å². The molecule has 1 aromatic heterocycles. The Morgan fingerprint density at radius 2 is 1.69 bits per heavy atom. The Labute approximate surface area is 213 Å². The van der Waals surface area contributed by atoms with E-state index in [1.165, 1.54) is 47.0 Å². The quantitative estimate of drug-likeness (QED) is 0.339. The molecule has 0 aliphatic carbocycles. The summed E-state index contributed by atoms with van der Waals surface area (Å²) < 4.78 is 35.1. The second-order valence-electron chi connectivity index (χ2n) is 7.92. The highest BCUT2D eigenvalue weighted by molar-refractivity contribution is 7.92. The highest BCUT2D eigenvalue weighted by atomic mass is 32.2. The molecule has 0 radical (unpaired) electrons. The van der Waals surface area contributed by atoms with Crippen LogP contribution in [0.1, 0.15) is 22.8 Å². The van der Waals surface area contributed by atoms with Crippen molar-refractivity contribution in [1.82, 2.24) is 4.57 Å². The van der Waals surface area contributed by atoms with E-state index in [9.17, 15) is 18.0 Å². The number of para-hydroxylation sites is 2. The molecule has 0 aliphatic heterocycles. The number of anilines is 1. The van der Waals surface area contributed by atoms with E-state index in [4.69, 9.17) is 4.74 Å². The number of hydrogen-bond acceptors (Lipinski definition) is 6. The lowest BCUT2D eigenvalue weighted by Gasteiger charge is -2.22. The van der Waals surface area contributed by atoms with Gasteiger partial charge in [-0.2, -0.15) is 4.99 Å². The van der Waals surface area contributed by atoms with Gasteiger partial charge in [0.25, 0.3) is 15.9 Å². The van der Waals surface area contributed by atoms with E-state index < -0.39 is 21.9 Å². The first-order chi connectivity index (χ1) is 17.3. The molecular weight excluding hydrogens is 498 g/mol. The first-order valence-corrected chi connectivity index (χ1v) is 13.4. The summed E-state index contributed by atoms with van der Waals surface area (Å²) in [4.78, 5) is 29.7. The lowest BCUT2D eigenvalue weighted by molar-refractivity contribution is -0.141. The molecule has 186 valence electrons. The number of aryl methyl sites for hydroxylation is 1. The number of rotatable bonds is 7. The molecule has 8 nitrogen and oxygen atoms in total. The molecule has 0 unspecified atom stereocenters. The van der Waals surface area contributed by atoms with Gasteiger partial charge in [-0.25, -0.2) is 8.42 Å². The van der Waals surface area contributed by atoms with Gasteiger partial charge < -0.3 is 9.30 Å². The van der Waals surface area contributed by atoms with Crippen LogP contribution in [-0.2, 0) is 26.1 Å². The van der Waals surface area contributed by atoms with Gasteiger partial charge in [-0.1, -0.05) is 41.7 Å². The number of carbonyl (C=O) groups is 2. The van der Waals surface area contributed by atoms with Gasteiger partial charge in [-0.3, -0.25) is 13.9 Å². The number of benzene rings is 3. The van der Waals surface area contributed by atoms with E-state index in [2.05, 4.69) is 4.99 Å². The largest absolute Gasteiger partial charge is 0.468 e. The molecule has 3 aromatic carbocycles. The van der Waals surface area contributed by atoms with Gasteiger partial charge in [0.05, 0.1) is 27.9 Å². The first kappa shape index (κ1) is 25.3. The first-order valence-electron chi connectivity index (χ1n) is 11.2. The highest BCUT2D eigenvalue weighted by Crippen LogP contribution is 2.24. The van der Waals surface area contributed by atoms with Crippen LogP contribution in [0.4, 0.5) is 5.69 Å². The van der Waals surface area contributed by atoms with Crippen molar-refractivity contribution in [3.05, 3.63) is 88.7 Å². The summed E-state index contributed by atoms with van der Waals surface area (Å²) in [5.74, 6) is -1.00. The number of sulfonamides is 1. The molecule has 1 amide bonds. The fourth-order valence-corrected chi connectivity index (χ4v) is 6.45. The average molecular weight is 524 g/mol. The third kappa shape index (κ3) is 4.95. The number of carbonyl (C=O) groups excluding carboxylic acids is 2. The number of methoxy groups -OCH3 is 1. The van der Waals surface area contributed by atoms with E-state index in [0.717, 1.165) is 15.8 Å². The van der Waals surface area contributed by atoms with E-state index in [1.807, 2.05) is 31.2 Å². The van der Waals surface area contributed by atoms with Gasteiger partial charge in [0.2, 0.25) is 0 Å². The molecule has 0 N–H and O–H groups in total. The number of esters is 1. The lowest BCUT2D eigenvalue weighted by atomic mass is 10.2. The Balaban J connectivity index is 1.69. The van der Waals surface area contributed by atoms with Crippen molar-refractivity contribution in [2.45, 2.75) is 25.3 Å². The molecule has 36 heavy (non-hydrogen) atoms. The van der Waals surface area contributed by atoms with Crippen molar-refractivity contribution in [2.24, 2.45) is 4.99 Å². The predicted molar refractivity (Wildman–Crippen MR) is 140 cm³/mol. The molecule has 4 rings (SSSR count). The van der Waals surface area contributed by atoms with Gasteiger partial charge in [-0.05, 0) is 61.9 Å². The molecule has 0 atom stereocenters. The number of nitrogens with zero attached hydrogens (tertiary/aromatic N) is 3. The molecule has 0 saturated heterocycles. The molecule has 0 spiro atoms. The average Bonchev–Trinajstić information content (AvgIpc) is 3.22. The van der Waals surface area contributed by atoms with E-state index in [-0.39, 0.29) is 23.5 Å². The maximum atomic E-state index is 13.2. The van der Waals surface area contributed by atoms with E-state index >= 15 is 0 Å². The van der Waals surface area contributed by atoms with Crippen LogP contribution in [-0.4, -0.2) is 38.5 Å². The summed E-state index contributed by atoms with van der Waals surface area (Å²) in [7, 11) is -2.51. The van der Waals surface area contributed by atoms with Crippen LogP contribution in [0.3, 0.4) is 0 Å². The lowest BCUT2D eigenvalue weighted by Crippen LogP contribution is -2.30. The van der Waals surface area contributed by atoms with Crippen molar-refractivity contribution >= 4 is 49.1 Å². The van der Waals surface area contributed by atoms with Gasteiger partial charge in [-0.15, -0.1) is 0 Å². The maximum Gasteiger partial charge on any atom is 0.325 e. The highest BCUT2D eigenvalue weighted by Gasteiger charge is 2.24. The molecule has 0 fully saturated rings. The van der Waals surface area contributed by atoms with Crippen LogP contribution in [0.15, 0.2) is 82.7 Å². The van der Waals surface area contributed by atoms with Crippen molar-refractivity contribution in [1.29, 1.82) is 0 Å². The minimum atomic E-state index is -3.81. The summed E-state index contributed by atoms with van der Waals surface area (Å²) in [5.41, 5.74) is 2.54. The molecule has 0 aliphatic rings. The molecule has 0 saturated carbocycles. The minimum Gasteiger partial charge on any atom is -0.468 e. The van der Waals surface area contributed by atoms with Gasteiger partial charge in [0.1, 0.15) is 6.54 Å². The summed E-state index contributed by atoms with van der Waals surface area (Å²) in [6, 6.07) is 20.2. The van der Waals surface area contributed by atoms with Gasteiger partial charge in [0.15, 0.2) is 4.80 Å². The normalized spacial score (nSPS) is 12.0. The number of ether oxygens (including phenoxy) is 1. The number of aromatic nitrogens is 1. The Kier molecular flexibility index (Phi) is 7.37. The van der Waals surface area contributed by atoms with Crippen molar-refractivity contribution in [3.8, 4) is 0 Å². The molecule has 10 heteroatoms. The maximum absolute atomic E-state index is 13.2. The Morgan fingerprint density at radius 3 is 2.33 bits per heavy atom. The number of hydrogen-bond donors (Lipinski definition) is 0. The fourth-order valence-electron chi connectivity index (χ4n) is 3.87. The van der Waals surface area contributed by atoms with Crippen LogP contribution in [0.25, 0.3) is 10.2 Å². The monoisotopic (exact) mass is 523 g/mol. The van der Waals surface area contributed by atoms with E-state index in [1.54, 1.807) is 35.8 Å². The summed E-state index contributed by atoms with van der Waals surface area (Å²) in [5, 5.41) is 0. The number of thiazole rings is 1. The van der Waals surface area contributed by atoms with Crippen molar-refractivity contribution in [3.63, 3.8) is 0 Å². The molecular formula is C26H25N3O5S2. The Morgan fingerprint density at radius 1 is 1.00 bits per heavy atom. The predicted octanol–water partition coefficient (Wildman–Crippen LogP) is 4.14. The zero-order valence-electron chi connectivity index (χ0n) is 20.0. The third-order valence-corrected chi connectivity index (χ3v) is 8.60.